The van der Waals surface area contributed by atoms with Crippen molar-refractivity contribution < 1.29 is 39.9 Å². The predicted octanol–water partition coefficient (Wildman–Crippen LogP) is 5.69. The van der Waals surface area contributed by atoms with Gasteiger partial charge in [0.1, 0.15) is 22.6 Å². The number of hydrogen-bond acceptors (Lipinski definition) is 10. The molecule has 2 aliphatic rings. The smallest absolute Gasteiger partial charge is 0.205 e. The zero-order valence-electron chi connectivity index (χ0n) is 23.1. The van der Waals surface area contributed by atoms with Gasteiger partial charge in [0.2, 0.25) is 11.5 Å². The fourth-order valence-corrected chi connectivity index (χ4v) is 5.84. The molecule has 0 amide bonds. The number of aromatic hydroxyl groups is 4. The second-order valence-corrected chi connectivity index (χ2v) is 10.4. The van der Waals surface area contributed by atoms with Gasteiger partial charge in [-0.3, -0.25) is 0 Å². The summed E-state index contributed by atoms with van der Waals surface area (Å²) in [5, 5.41) is 44.4. The molecule has 0 aliphatic carbocycles. The van der Waals surface area contributed by atoms with Gasteiger partial charge in [-0.2, -0.15) is 0 Å². The molecule has 0 fully saturated rings. The molecule has 0 spiro atoms. The number of phenolic OH excluding ortho intramolecular Hbond substituents is 4. The molecular formula is C32H18N8O4Zn. The summed E-state index contributed by atoms with van der Waals surface area (Å²) in [6.45, 7) is 0. The predicted molar refractivity (Wildman–Crippen MR) is 163 cm³/mol. The van der Waals surface area contributed by atoms with E-state index >= 15 is 0 Å². The third kappa shape index (κ3) is 3.74. The molecular weight excluding hydrogens is 626 g/mol. The third-order valence-electron chi connectivity index (χ3n) is 7.89. The molecule has 5 heterocycles. The second kappa shape index (κ2) is 9.53. The Labute approximate surface area is 264 Å². The molecule has 212 valence electrons. The molecule has 12 nitrogen and oxygen atoms in total. The van der Waals surface area contributed by atoms with Gasteiger partial charge in [-0.1, -0.05) is 72.8 Å². The zero-order valence-corrected chi connectivity index (χ0v) is 26.1. The van der Waals surface area contributed by atoms with E-state index in [2.05, 4.69) is 9.97 Å². The van der Waals surface area contributed by atoms with Crippen LogP contribution in [0.2, 0.25) is 0 Å². The van der Waals surface area contributed by atoms with Crippen LogP contribution in [0.1, 0.15) is 0 Å². The van der Waals surface area contributed by atoms with Crippen LogP contribution in [0.3, 0.4) is 0 Å². The maximum atomic E-state index is 11.0. The first-order chi connectivity index (χ1) is 21.5. The minimum atomic E-state index is -0.897. The summed E-state index contributed by atoms with van der Waals surface area (Å²) in [4.78, 5) is 35.1. The Bertz CT molecular complexity index is 2410. The van der Waals surface area contributed by atoms with Crippen molar-refractivity contribution in [3.05, 3.63) is 72.8 Å². The van der Waals surface area contributed by atoms with Crippen molar-refractivity contribution in [1.82, 2.24) is 39.9 Å². The van der Waals surface area contributed by atoms with Crippen LogP contribution in [0.15, 0.2) is 72.8 Å². The minimum Gasteiger partial charge on any atom is -0.504 e. The van der Waals surface area contributed by atoms with Gasteiger partial charge >= 0.3 is 0 Å². The normalized spacial score (nSPS) is 11.7. The van der Waals surface area contributed by atoms with Gasteiger partial charge in [0.25, 0.3) is 0 Å². The van der Waals surface area contributed by atoms with Crippen LogP contribution in [0.25, 0.3) is 89.7 Å². The van der Waals surface area contributed by atoms with E-state index in [9.17, 15) is 20.4 Å². The SMILES string of the molecule is Oc1c(O)c(O)c2c3nc4nc(nc5[nH]c(nc6nc(nc([nH]3)c2c1O)-c1ccccc1-6)c1ccccc51)-c1ccccc1-4.[Zn]. The number of rotatable bonds is 0. The number of phenols is 4. The molecule has 0 unspecified atom stereocenters. The van der Waals surface area contributed by atoms with Crippen LogP contribution in [0.5, 0.6) is 23.0 Å². The minimum absolute atomic E-state index is 0. The Morgan fingerprint density at radius 3 is 1.07 bits per heavy atom. The van der Waals surface area contributed by atoms with Crippen LogP contribution in [0.4, 0.5) is 0 Å². The van der Waals surface area contributed by atoms with Crippen molar-refractivity contribution in [2.75, 3.05) is 0 Å². The average Bonchev–Trinajstić information content (AvgIpc) is 3.78. The van der Waals surface area contributed by atoms with E-state index in [1.807, 2.05) is 72.8 Å². The first kappa shape index (κ1) is 26.7. The molecule has 4 aromatic carbocycles. The molecule has 45 heavy (non-hydrogen) atoms. The van der Waals surface area contributed by atoms with Gasteiger partial charge in [0, 0.05) is 52.5 Å². The number of hydrogen-bond donors (Lipinski definition) is 6. The number of aromatic amines is 2. The number of fused-ring (bicyclic) bond motifs is 20. The second-order valence-electron chi connectivity index (χ2n) is 10.4. The Balaban J connectivity index is 0.00000300. The number of nitrogens with zero attached hydrogens (tertiary/aromatic N) is 6. The van der Waals surface area contributed by atoms with E-state index in [0.717, 1.165) is 21.9 Å². The van der Waals surface area contributed by atoms with Gasteiger partial charge < -0.3 is 30.4 Å². The van der Waals surface area contributed by atoms with Crippen LogP contribution < -0.4 is 0 Å². The maximum absolute atomic E-state index is 11.0. The number of H-pyrrole nitrogens is 2. The van der Waals surface area contributed by atoms with Crippen LogP contribution in [0, 0.1) is 0 Å². The van der Waals surface area contributed by atoms with E-state index in [0.29, 0.717) is 34.1 Å². The van der Waals surface area contributed by atoms with E-state index in [-0.39, 0.29) is 53.2 Å². The standard InChI is InChI=1S/C32H18N8O4.Zn/c41-21-19-20(22(42)24(44)23(21)43)32-39-30-18-12-6-4-10-16(18)28(37-30)35-26-14-8-2-1-7-13(14)25(33-26)34-27-15-9-3-5-11-17(15)29(36-27)38-31(19)40-32;/h1-12,41-44H,(H2,33,34,35,36,37,38,39,40);. The fourth-order valence-electron chi connectivity index (χ4n) is 5.84. The topological polar surface area (TPSA) is 190 Å². The van der Waals surface area contributed by atoms with E-state index in [4.69, 9.17) is 29.9 Å². The average molecular weight is 644 g/mol. The van der Waals surface area contributed by atoms with E-state index in [1.54, 1.807) is 0 Å². The molecule has 2 aliphatic heterocycles. The van der Waals surface area contributed by atoms with Crippen LogP contribution in [-0.2, 0) is 19.5 Å². The molecule has 6 N–H and O–H groups in total. The molecule has 7 aromatic rings. The van der Waals surface area contributed by atoms with Crippen LogP contribution in [-0.4, -0.2) is 60.3 Å². The molecule has 3 aromatic heterocycles. The van der Waals surface area contributed by atoms with Gasteiger partial charge in [0.15, 0.2) is 34.8 Å². The first-order valence-corrected chi connectivity index (χ1v) is 13.6. The Kier molecular flexibility index (Phi) is 5.65. The number of aromatic nitrogens is 8. The van der Waals surface area contributed by atoms with Gasteiger partial charge in [-0.05, 0) is 0 Å². The van der Waals surface area contributed by atoms with E-state index < -0.39 is 23.0 Å². The third-order valence-corrected chi connectivity index (χ3v) is 7.89. The van der Waals surface area contributed by atoms with Crippen molar-refractivity contribution in [1.29, 1.82) is 0 Å². The summed E-state index contributed by atoms with van der Waals surface area (Å²) in [6, 6.07) is 22.7. The monoisotopic (exact) mass is 642 g/mol. The Hall–Kier alpha value is -5.94. The Morgan fingerprint density at radius 1 is 0.378 bits per heavy atom. The molecule has 0 saturated carbocycles. The summed E-state index contributed by atoms with van der Waals surface area (Å²) < 4.78 is 0. The fraction of sp³-hybridized carbons (Fsp3) is 0. The van der Waals surface area contributed by atoms with E-state index in [1.165, 1.54) is 0 Å². The quantitative estimate of drug-likeness (QED) is 0.0680. The molecule has 13 heteroatoms. The number of nitrogens with one attached hydrogen (secondary N) is 2. The molecule has 0 atom stereocenters. The maximum Gasteiger partial charge on any atom is 0.205 e. The summed E-state index contributed by atoms with van der Waals surface area (Å²) in [5.41, 5.74) is 4.00. The van der Waals surface area contributed by atoms with Crippen molar-refractivity contribution in [3.63, 3.8) is 0 Å². The summed E-state index contributed by atoms with van der Waals surface area (Å²) >= 11 is 0. The molecule has 0 radical (unpaired) electrons. The summed E-state index contributed by atoms with van der Waals surface area (Å²) in [6.07, 6.45) is 0. The first-order valence-electron chi connectivity index (χ1n) is 13.6. The zero-order chi connectivity index (χ0) is 29.7. The molecule has 9 rings (SSSR count). The largest absolute Gasteiger partial charge is 0.504 e. The van der Waals surface area contributed by atoms with Gasteiger partial charge in [0.05, 0.1) is 10.8 Å². The van der Waals surface area contributed by atoms with Gasteiger partial charge in [-0.25, -0.2) is 29.9 Å². The van der Waals surface area contributed by atoms with Crippen molar-refractivity contribution >= 4 is 44.1 Å². The van der Waals surface area contributed by atoms with Crippen molar-refractivity contribution in [3.8, 4) is 68.5 Å². The van der Waals surface area contributed by atoms with Crippen LogP contribution >= 0.6 is 0 Å². The number of benzene rings is 4. The molecule has 8 bridgehead atoms. The van der Waals surface area contributed by atoms with Gasteiger partial charge in [-0.15, -0.1) is 0 Å². The van der Waals surface area contributed by atoms with Crippen molar-refractivity contribution in [2.45, 2.75) is 0 Å². The summed E-state index contributed by atoms with van der Waals surface area (Å²) in [5.74, 6) is -1.83. The summed E-state index contributed by atoms with van der Waals surface area (Å²) in [7, 11) is 0. The molecule has 0 saturated heterocycles. The van der Waals surface area contributed by atoms with Crippen molar-refractivity contribution in [2.24, 2.45) is 0 Å². The Morgan fingerprint density at radius 2 is 0.689 bits per heavy atom.